The fourth-order valence-corrected chi connectivity index (χ4v) is 3.21. The molecule has 0 aliphatic heterocycles. The molecule has 0 amide bonds. The Morgan fingerprint density at radius 3 is 1.27 bits per heavy atom. The van der Waals surface area contributed by atoms with E-state index < -0.39 is 5.97 Å². The monoisotopic (exact) mass is 429 g/mol. The highest BCUT2D eigenvalue weighted by Gasteiger charge is 1.96. The number of aliphatic carboxylic acids is 1. The molecule has 0 rings (SSSR count). The number of carboxylic acids is 1. The third-order valence-corrected chi connectivity index (χ3v) is 5.04. The minimum Gasteiger partial charge on any atom is -0.481 e. The average molecular weight is 430 g/mol. The first kappa shape index (κ1) is 29.3. The lowest BCUT2D eigenvalue weighted by Gasteiger charge is -2.08. The molecule has 0 aromatic carbocycles. The van der Waals surface area contributed by atoms with E-state index in [-0.39, 0.29) is 0 Å². The van der Waals surface area contributed by atoms with Gasteiger partial charge in [0.1, 0.15) is 0 Å². The van der Waals surface area contributed by atoms with Crippen LogP contribution in [-0.2, 0) is 4.79 Å². The van der Waals surface area contributed by atoms with Crippen LogP contribution in [0.3, 0.4) is 0 Å². The number of hydrogen-bond acceptors (Lipinski definition) is 6. The van der Waals surface area contributed by atoms with Crippen LogP contribution in [0.4, 0.5) is 0 Å². The van der Waals surface area contributed by atoms with E-state index in [2.05, 4.69) is 33.5 Å². The first-order chi connectivity index (χ1) is 14.8. The van der Waals surface area contributed by atoms with Crippen molar-refractivity contribution in [1.82, 2.24) is 26.6 Å². The third kappa shape index (κ3) is 27.3. The van der Waals surface area contributed by atoms with Gasteiger partial charge in [0.25, 0.3) is 0 Å². The molecule has 0 radical (unpaired) electrons. The van der Waals surface area contributed by atoms with Gasteiger partial charge in [-0.15, -0.1) is 0 Å². The zero-order valence-corrected chi connectivity index (χ0v) is 19.7. The maximum absolute atomic E-state index is 10.4. The Bertz CT molecular complexity index is 346. The highest BCUT2D eigenvalue weighted by molar-refractivity contribution is 5.66. The summed E-state index contributed by atoms with van der Waals surface area (Å²) in [7, 11) is 0. The minimum atomic E-state index is -0.690. The highest BCUT2D eigenvalue weighted by atomic mass is 16.4. The van der Waals surface area contributed by atoms with E-state index in [9.17, 15) is 4.79 Å². The summed E-state index contributed by atoms with van der Waals surface area (Å²) in [4.78, 5) is 10.4. The summed E-state index contributed by atoms with van der Waals surface area (Å²) in [5.41, 5.74) is 0. The summed E-state index contributed by atoms with van der Waals surface area (Å²) >= 11 is 0. The van der Waals surface area contributed by atoms with Gasteiger partial charge in [0, 0.05) is 32.6 Å². The minimum absolute atomic E-state index is 0.294. The summed E-state index contributed by atoms with van der Waals surface area (Å²) in [6, 6.07) is 0. The van der Waals surface area contributed by atoms with Gasteiger partial charge >= 0.3 is 5.97 Å². The van der Waals surface area contributed by atoms with Gasteiger partial charge in [-0.3, -0.25) is 4.79 Å². The Labute approximate surface area is 185 Å². The Morgan fingerprint density at radius 2 is 0.833 bits per heavy atom. The van der Waals surface area contributed by atoms with Gasteiger partial charge in [0.15, 0.2) is 0 Å². The van der Waals surface area contributed by atoms with Crippen LogP contribution in [0.25, 0.3) is 0 Å². The second kappa shape index (κ2) is 26.3. The maximum Gasteiger partial charge on any atom is 0.303 e. The molecule has 0 saturated heterocycles. The molecule has 0 aliphatic rings. The lowest BCUT2D eigenvalue weighted by atomic mass is 10.2. The smallest absolute Gasteiger partial charge is 0.303 e. The fourth-order valence-electron chi connectivity index (χ4n) is 3.21. The third-order valence-electron chi connectivity index (χ3n) is 5.04. The van der Waals surface area contributed by atoms with E-state index in [0.717, 1.165) is 78.2 Å². The number of unbranched alkanes of at least 4 members (excludes halogenated alkanes) is 6. The van der Waals surface area contributed by atoms with Gasteiger partial charge in [-0.25, -0.2) is 0 Å². The van der Waals surface area contributed by atoms with Gasteiger partial charge in [-0.1, -0.05) is 26.2 Å². The van der Waals surface area contributed by atoms with Crippen molar-refractivity contribution in [1.29, 1.82) is 0 Å². The number of nitrogens with one attached hydrogen (secondary N) is 5. The molecule has 0 unspecified atom stereocenters. The zero-order valence-electron chi connectivity index (χ0n) is 19.7. The van der Waals surface area contributed by atoms with Crippen LogP contribution >= 0.6 is 0 Å². The van der Waals surface area contributed by atoms with Crippen LogP contribution in [0.2, 0.25) is 0 Å². The topological polar surface area (TPSA) is 97.5 Å². The summed E-state index contributed by atoms with van der Waals surface area (Å²) in [5.74, 6) is -0.690. The van der Waals surface area contributed by atoms with Crippen LogP contribution in [0.15, 0.2) is 0 Å². The second-order valence-electron chi connectivity index (χ2n) is 8.08. The number of carboxylic acid groups (broad SMARTS) is 1. The van der Waals surface area contributed by atoms with Crippen molar-refractivity contribution in [2.24, 2.45) is 0 Å². The van der Waals surface area contributed by atoms with E-state index in [0.29, 0.717) is 6.42 Å². The van der Waals surface area contributed by atoms with Gasteiger partial charge in [-0.05, 0) is 84.2 Å². The van der Waals surface area contributed by atoms with Crippen molar-refractivity contribution in [3.63, 3.8) is 0 Å². The molecule has 0 aliphatic carbocycles. The largest absolute Gasteiger partial charge is 0.481 e. The first-order valence-corrected chi connectivity index (χ1v) is 12.5. The molecule has 7 heteroatoms. The quantitative estimate of drug-likeness (QED) is 0.117. The predicted octanol–water partition coefficient (Wildman–Crippen LogP) is 2.33. The van der Waals surface area contributed by atoms with E-state index in [1.165, 1.54) is 51.5 Å². The second-order valence-corrected chi connectivity index (χ2v) is 8.08. The molecule has 0 spiro atoms. The number of carbonyl (C=O) groups is 1. The van der Waals surface area contributed by atoms with Gasteiger partial charge < -0.3 is 31.7 Å². The summed E-state index contributed by atoms with van der Waals surface area (Å²) in [6.45, 7) is 12.9. The van der Waals surface area contributed by atoms with E-state index >= 15 is 0 Å². The normalized spacial score (nSPS) is 11.2. The molecule has 0 aromatic rings. The van der Waals surface area contributed by atoms with E-state index in [1.54, 1.807) is 0 Å². The van der Waals surface area contributed by atoms with Crippen molar-refractivity contribution < 1.29 is 9.90 Å². The Balaban J connectivity index is 2.99. The molecule has 6 N–H and O–H groups in total. The SMILES string of the molecule is CCCNCCCCCCNCCCCNCCNCCNCCCCCC(=O)O. The molecule has 0 aromatic heterocycles. The lowest BCUT2D eigenvalue weighted by molar-refractivity contribution is -0.137. The Morgan fingerprint density at radius 1 is 0.500 bits per heavy atom. The molecule has 0 fully saturated rings. The summed E-state index contributed by atoms with van der Waals surface area (Å²) in [6.07, 6.45) is 12.1. The van der Waals surface area contributed by atoms with Crippen molar-refractivity contribution in [2.45, 2.75) is 77.6 Å². The van der Waals surface area contributed by atoms with Crippen LogP contribution in [0.5, 0.6) is 0 Å². The van der Waals surface area contributed by atoms with Crippen molar-refractivity contribution in [3.8, 4) is 0 Å². The molecule has 7 nitrogen and oxygen atoms in total. The summed E-state index contributed by atoms with van der Waals surface area (Å²) < 4.78 is 0. The molecule has 180 valence electrons. The van der Waals surface area contributed by atoms with Crippen LogP contribution in [-0.4, -0.2) is 76.5 Å². The molecule has 0 atom stereocenters. The lowest BCUT2D eigenvalue weighted by Crippen LogP contribution is -2.33. The number of hydrogen-bond donors (Lipinski definition) is 6. The van der Waals surface area contributed by atoms with E-state index in [1.807, 2.05) is 0 Å². The van der Waals surface area contributed by atoms with Crippen LogP contribution in [0, 0.1) is 0 Å². The van der Waals surface area contributed by atoms with Gasteiger partial charge in [0.05, 0.1) is 0 Å². The molecule has 0 bridgehead atoms. The van der Waals surface area contributed by atoms with Crippen molar-refractivity contribution in [2.75, 3.05) is 65.4 Å². The van der Waals surface area contributed by atoms with E-state index in [4.69, 9.17) is 5.11 Å². The highest BCUT2D eigenvalue weighted by Crippen LogP contribution is 1.98. The Hall–Kier alpha value is -0.730. The van der Waals surface area contributed by atoms with Gasteiger partial charge in [0.2, 0.25) is 0 Å². The molecule has 0 heterocycles. The van der Waals surface area contributed by atoms with Gasteiger partial charge in [-0.2, -0.15) is 0 Å². The first-order valence-electron chi connectivity index (χ1n) is 12.5. The standard InChI is InChI=1S/C23H51N5O2/c1-2-13-24-14-7-3-4-8-15-25-17-10-11-18-27-20-22-28-21-19-26-16-9-5-6-12-23(29)30/h24-28H,2-22H2,1H3,(H,29,30). The van der Waals surface area contributed by atoms with Crippen molar-refractivity contribution in [3.05, 3.63) is 0 Å². The molecular formula is C23H51N5O2. The Kier molecular flexibility index (Phi) is 25.7. The maximum atomic E-state index is 10.4. The van der Waals surface area contributed by atoms with Crippen LogP contribution in [0.1, 0.15) is 77.6 Å². The molecule has 30 heavy (non-hydrogen) atoms. The van der Waals surface area contributed by atoms with Crippen LogP contribution < -0.4 is 26.6 Å². The fraction of sp³-hybridized carbons (Fsp3) is 0.957. The average Bonchev–Trinajstić information content (AvgIpc) is 2.73. The number of rotatable bonds is 26. The summed E-state index contributed by atoms with van der Waals surface area (Å²) in [5, 5.41) is 25.9. The predicted molar refractivity (Wildman–Crippen MR) is 128 cm³/mol. The molecule has 0 saturated carbocycles. The zero-order chi connectivity index (χ0) is 22.0. The molecular weight excluding hydrogens is 378 g/mol. The van der Waals surface area contributed by atoms with Crippen molar-refractivity contribution >= 4 is 5.97 Å².